The van der Waals surface area contributed by atoms with Gasteiger partial charge in [-0.1, -0.05) is 11.6 Å². The zero-order valence-corrected chi connectivity index (χ0v) is 9.99. The zero-order chi connectivity index (χ0) is 13.4. The number of rotatable bonds is 2. The minimum atomic E-state index is -0.508. The Labute approximate surface area is 106 Å². The first-order chi connectivity index (χ1) is 9.15. The number of H-pyrrole nitrogens is 1. The highest BCUT2D eigenvalue weighted by Crippen LogP contribution is 2.07. The summed E-state index contributed by atoms with van der Waals surface area (Å²) in [5.41, 5.74) is 0.561. The number of aromatic amines is 1. The van der Waals surface area contributed by atoms with Crippen molar-refractivity contribution in [1.82, 2.24) is 30.2 Å². The third-order valence-electron chi connectivity index (χ3n) is 2.80. The number of tetrazole rings is 1. The van der Waals surface area contributed by atoms with Gasteiger partial charge in [0.2, 0.25) is 0 Å². The molecule has 3 aromatic rings. The van der Waals surface area contributed by atoms with Gasteiger partial charge in [0.1, 0.15) is 0 Å². The van der Waals surface area contributed by atoms with Crippen molar-refractivity contribution in [2.75, 3.05) is 0 Å². The minimum absolute atomic E-state index is 0.0505. The smallest absolute Gasteiger partial charge is 0.329 e. The van der Waals surface area contributed by atoms with Crippen LogP contribution in [0.5, 0.6) is 0 Å². The van der Waals surface area contributed by atoms with Crippen LogP contribution < -0.4 is 16.3 Å². The molecule has 1 aromatic carbocycles. The van der Waals surface area contributed by atoms with E-state index in [0.717, 1.165) is 10.1 Å². The Balaban J connectivity index is 2.25. The lowest BCUT2D eigenvalue weighted by molar-refractivity contribution is 0.675. The molecule has 1 N–H and O–H groups in total. The summed E-state index contributed by atoms with van der Waals surface area (Å²) in [7, 11) is 0. The molecule has 0 radical (unpaired) electrons. The van der Waals surface area contributed by atoms with Crippen molar-refractivity contribution in [3.8, 4) is 0 Å². The van der Waals surface area contributed by atoms with Crippen molar-refractivity contribution in [2.24, 2.45) is 0 Å². The molecule has 0 aliphatic carbocycles. The van der Waals surface area contributed by atoms with Crippen LogP contribution in [0.4, 0.5) is 0 Å². The fourth-order valence-corrected chi connectivity index (χ4v) is 1.88. The van der Waals surface area contributed by atoms with E-state index in [9.17, 15) is 9.59 Å². The van der Waals surface area contributed by atoms with Gasteiger partial charge in [-0.3, -0.25) is 19.7 Å². The quantitative estimate of drug-likeness (QED) is 0.643. The van der Waals surface area contributed by atoms with Crippen LogP contribution >= 0.6 is 0 Å². The summed E-state index contributed by atoms with van der Waals surface area (Å²) in [6, 6.07) is 5.27. The number of benzene rings is 1. The normalized spacial score (nSPS) is 11.0. The molecule has 0 aliphatic rings. The monoisotopic (exact) mass is 257 g/mol. The van der Waals surface area contributed by atoms with Crippen LogP contribution in [0.2, 0.25) is 0 Å². The lowest BCUT2D eigenvalue weighted by Gasteiger charge is -2.06. The maximum absolute atomic E-state index is 12.3. The van der Waals surface area contributed by atoms with Crippen molar-refractivity contribution < 1.29 is 0 Å². The standard InChI is InChI=1S/C11H10N6O2/c1-6-2-3-8-7(4-6)10(18)17(11(19)12-8)5-9-13-15-16-14-9/h2-4H,5H2,1H3,(H2,12,13,14,15,16,18,19)/p-1. The molecule has 2 aromatic heterocycles. The van der Waals surface area contributed by atoms with Crippen LogP contribution in [-0.2, 0) is 6.54 Å². The molecule has 96 valence electrons. The van der Waals surface area contributed by atoms with E-state index in [-0.39, 0.29) is 17.9 Å². The molecule has 0 atom stereocenters. The molecule has 0 unspecified atom stereocenters. The van der Waals surface area contributed by atoms with Crippen LogP contribution in [0, 0.1) is 6.92 Å². The van der Waals surface area contributed by atoms with Crippen molar-refractivity contribution in [3.05, 3.63) is 50.4 Å². The summed E-state index contributed by atoms with van der Waals surface area (Å²) >= 11 is 0. The van der Waals surface area contributed by atoms with Crippen LogP contribution in [0.1, 0.15) is 11.4 Å². The predicted molar refractivity (Wildman–Crippen MR) is 65.8 cm³/mol. The van der Waals surface area contributed by atoms with E-state index in [1.54, 1.807) is 12.1 Å². The lowest BCUT2D eigenvalue weighted by atomic mass is 10.2. The molecule has 0 fully saturated rings. The van der Waals surface area contributed by atoms with E-state index in [1.165, 1.54) is 0 Å². The summed E-state index contributed by atoms with van der Waals surface area (Å²) in [6.07, 6.45) is 0. The Hall–Kier alpha value is -2.77. The molecule has 8 heteroatoms. The van der Waals surface area contributed by atoms with Crippen molar-refractivity contribution in [3.63, 3.8) is 0 Å². The van der Waals surface area contributed by atoms with Gasteiger partial charge in [-0.15, -0.1) is 0 Å². The van der Waals surface area contributed by atoms with E-state index in [0.29, 0.717) is 10.9 Å². The second-order valence-electron chi connectivity index (χ2n) is 4.17. The molecule has 8 nitrogen and oxygen atoms in total. The van der Waals surface area contributed by atoms with Gasteiger partial charge < -0.3 is 10.1 Å². The van der Waals surface area contributed by atoms with Crippen LogP contribution in [0.3, 0.4) is 0 Å². The Kier molecular flexibility index (Phi) is 2.48. The van der Waals surface area contributed by atoms with E-state index < -0.39 is 5.69 Å². The number of fused-ring (bicyclic) bond motifs is 1. The lowest BCUT2D eigenvalue weighted by Crippen LogP contribution is -2.35. The number of nitrogens with one attached hydrogen (secondary N) is 1. The highest BCUT2D eigenvalue weighted by Gasteiger charge is 2.07. The van der Waals surface area contributed by atoms with Crippen molar-refractivity contribution >= 4 is 10.9 Å². The first-order valence-corrected chi connectivity index (χ1v) is 5.56. The molecular weight excluding hydrogens is 248 g/mol. The van der Waals surface area contributed by atoms with Crippen LogP contribution in [-0.4, -0.2) is 25.1 Å². The van der Waals surface area contributed by atoms with E-state index in [2.05, 4.69) is 25.6 Å². The summed E-state index contributed by atoms with van der Waals surface area (Å²) in [4.78, 5) is 26.8. The van der Waals surface area contributed by atoms with Gasteiger partial charge in [-0.25, -0.2) is 4.79 Å². The Morgan fingerprint density at radius 1 is 1.37 bits per heavy atom. The summed E-state index contributed by atoms with van der Waals surface area (Å²) < 4.78 is 1.03. The fourth-order valence-electron chi connectivity index (χ4n) is 1.88. The fraction of sp³-hybridized carbons (Fsp3) is 0.182. The number of aromatic nitrogens is 6. The molecule has 0 saturated heterocycles. The number of nitrogens with zero attached hydrogens (tertiary/aromatic N) is 5. The first-order valence-electron chi connectivity index (χ1n) is 5.56. The molecule has 0 amide bonds. The first kappa shape index (κ1) is 11.3. The SMILES string of the molecule is Cc1ccc2[nH]c(=O)n(Cc3nnn[n-]3)c(=O)c2c1. The van der Waals surface area contributed by atoms with Crippen molar-refractivity contribution in [2.45, 2.75) is 13.5 Å². The van der Waals surface area contributed by atoms with Gasteiger partial charge in [0, 0.05) is 5.82 Å². The molecule has 0 spiro atoms. The largest absolute Gasteiger partial charge is 0.334 e. The molecule has 19 heavy (non-hydrogen) atoms. The molecule has 2 heterocycles. The van der Waals surface area contributed by atoms with Gasteiger partial charge in [0.05, 0.1) is 17.4 Å². The number of aryl methyl sites for hydroxylation is 1. The maximum atomic E-state index is 12.3. The van der Waals surface area contributed by atoms with Crippen LogP contribution in [0.15, 0.2) is 27.8 Å². The number of hydrogen-bond donors (Lipinski definition) is 1. The molecule has 0 saturated carbocycles. The van der Waals surface area contributed by atoms with Gasteiger partial charge >= 0.3 is 5.69 Å². The Morgan fingerprint density at radius 2 is 2.21 bits per heavy atom. The van der Waals surface area contributed by atoms with Gasteiger partial charge in [-0.2, -0.15) is 5.21 Å². The summed E-state index contributed by atoms with van der Waals surface area (Å²) in [6.45, 7) is 1.83. The molecule has 0 bridgehead atoms. The minimum Gasteiger partial charge on any atom is -0.334 e. The van der Waals surface area contributed by atoms with Gasteiger partial charge in [0.15, 0.2) is 0 Å². The highest BCUT2D eigenvalue weighted by atomic mass is 16.2. The number of hydrogen-bond acceptors (Lipinski definition) is 5. The summed E-state index contributed by atoms with van der Waals surface area (Å²) in [5, 5.41) is 14.3. The van der Waals surface area contributed by atoms with E-state index in [4.69, 9.17) is 0 Å². The Morgan fingerprint density at radius 3 is 2.95 bits per heavy atom. The third kappa shape index (κ3) is 1.92. The third-order valence-corrected chi connectivity index (χ3v) is 2.80. The zero-order valence-electron chi connectivity index (χ0n) is 9.99. The molecule has 0 aliphatic heterocycles. The summed E-state index contributed by atoms with van der Waals surface area (Å²) in [5.74, 6) is 0.222. The van der Waals surface area contributed by atoms with E-state index in [1.807, 2.05) is 13.0 Å². The van der Waals surface area contributed by atoms with Crippen molar-refractivity contribution in [1.29, 1.82) is 0 Å². The van der Waals surface area contributed by atoms with Gasteiger partial charge in [0.25, 0.3) is 5.56 Å². The second kappa shape index (κ2) is 4.16. The highest BCUT2D eigenvalue weighted by molar-refractivity contribution is 5.77. The average Bonchev–Trinajstić information content (AvgIpc) is 2.89. The topological polar surface area (TPSA) is 108 Å². The maximum Gasteiger partial charge on any atom is 0.329 e. The average molecular weight is 257 g/mol. The predicted octanol–water partition coefficient (Wildman–Crippen LogP) is -0.811. The molecule has 3 rings (SSSR count). The van der Waals surface area contributed by atoms with Gasteiger partial charge in [-0.05, 0) is 19.1 Å². The Bertz CT molecular complexity index is 846. The van der Waals surface area contributed by atoms with E-state index >= 15 is 0 Å². The molecular formula is C11H9N6O2-. The second-order valence-corrected chi connectivity index (χ2v) is 4.17. The van der Waals surface area contributed by atoms with Crippen LogP contribution in [0.25, 0.3) is 10.9 Å².